The lowest BCUT2D eigenvalue weighted by Gasteiger charge is -2.42. The van der Waals surface area contributed by atoms with Crippen molar-refractivity contribution in [2.75, 3.05) is 33.8 Å². The van der Waals surface area contributed by atoms with Crippen LogP contribution < -0.4 is 15.2 Å². The average Bonchev–Trinajstić information content (AvgIpc) is 2.59. The van der Waals surface area contributed by atoms with E-state index in [1.54, 1.807) is 21.0 Å². The van der Waals surface area contributed by atoms with Crippen molar-refractivity contribution in [1.82, 2.24) is 9.80 Å². The van der Waals surface area contributed by atoms with Crippen LogP contribution in [0.2, 0.25) is 0 Å². The smallest absolute Gasteiger partial charge is 0.262 e. The first kappa shape index (κ1) is 21.5. The molecule has 2 rings (SSSR count). The Kier molecular flexibility index (Phi) is 7.12. The van der Waals surface area contributed by atoms with Crippen molar-refractivity contribution in [3.63, 3.8) is 0 Å². The second-order valence-electron chi connectivity index (χ2n) is 8.30. The van der Waals surface area contributed by atoms with Gasteiger partial charge in [0.25, 0.3) is 5.91 Å². The highest BCUT2D eigenvalue weighted by Gasteiger charge is 2.33. The zero-order chi connectivity index (χ0) is 20.2. The molecule has 27 heavy (non-hydrogen) atoms. The number of piperidine rings is 1. The minimum Gasteiger partial charge on any atom is -0.490 e. The van der Waals surface area contributed by atoms with Gasteiger partial charge in [-0.1, -0.05) is 19.9 Å². The summed E-state index contributed by atoms with van der Waals surface area (Å²) >= 11 is 0. The van der Waals surface area contributed by atoms with Gasteiger partial charge >= 0.3 is 0 Å². The largest absolute Gasteiger partial charge is 0.490 e. The molecule has 0 aromatic heterocycles. The number of hydrogen-bond acceptors (Lipinski definition) is 5. The molecule has 1 saturated heterocycles. The summed E-state index contributed by atoms with van der Waals surface area (Å²) in [5, 5.41) is 0. The number of rotatable bonds is 7. The van der Waals surface area contributed by atoms with E-state index in [4.69, 9.17) is 15.2 Å². The van der Waals surface area contributed by atoms with Crippen molar-refractivity contribution < 1.29 is 14.3 Å². The van der Waals surface area contributed by atoms with Crippen LogP contribution in [0.25, 0.3) is 0 Å². The number of likely N-dealkylation sites (N-methyl/N-ethyl adjacent to an activating group) is 1. The van der Waals surface area contributed by atoms with Crippen molar-refractivity contribution in [1.29, 1.82) is 0 Å². The lowest BCUT2D eigenvalue weighted by atomic mass is 9.79. The summed E-state index contributed by atoms with van der Waals surface area (Å²) in [4.78, 5) is 16.0. The first-order valence-corrected chi connectivity index (χ1v) is 9.75. The fourth-order valence-corrected chi connectivity index (χ4v) is 3.50. The molecule has 1 aromatic carbocycles. The van der Waals surface area contributed by atoms with E-state index in [0.717, 1.165) is 26.1 Å². The Hall–Kier alpha value is -1.79. The molecular weight excluding hydrogens is 342 g/mol. The van der Waals surface area contributed by atoms with Crippen LogP contribution in [0.5, 0.6) is 11.5 Å². The number of amides is 1. The molecule has 1 heterocycles. The molecule has 2 unspecified atom stereocenters. The lowest BCUT2D eigenvalue weighted by molar-refractivity contribution is -0.135. The molecule has 1 fully saturated rings. The second-order valence-corrected chi connectivity index (χ2v) is 8.30. The van der Waals surface area contributed by atoms with E-state index in [-0.39, 0.29) is 17.4 Å². The van der Waals surface area contributed by atoms with Crippen molar-refractivity contribution in [2.24, 2.45) is 11.1 Å². The minimum absolute atomic E-state index is 0.0755. The average molecular weight is 378 g/mol. The molecule has 0 aliphatic carbocycles. The van der Waals surface area contributed by atoms with E-state index in [2.05, 4.69) is 18.7 Å². The third kappa shape index (κ3) is 5.59. The van der Waals surface area contributed by atoms with Gasteiger partial charge in [0.05, 0.1) is 6.61 Å². The van der Waals surface area contributed by atoms with E-state index in [1.165, 1.54) is 10.5 Å². The summed E-state index contributed by atoms with van der Waals surface area (Å²) in [6.07, 6.45) is 0.450. The van der Waals surface area contributed by atoms with Crippen molar-refractivity contribution >= 4 is 5.91 Å². The molecule has 1 amide bonds. The maximum Gasteiger partial charge on any atom is 0.262 e. The molecule has 1 aliphatic heterocycles. The monoisotopic (exact) mass is 377 g/mol. The third-order valence-corrected chi connectivity index (χ3v) is 5.20. The topological polar surface area (TPSA) is 68.0 Å². The van der Waals surface area contributed by atoms with Crippen LogP contribution in [0.1, 0.15) is 39.7 Å². The van der Waals surface area contributed by atoms with Crippen LogP contribution in [-0.4, -0.2) is 61.6 Å². The predicted molar refractivity (Wildman–Crippen MR) is 108 cm³/mol. The van der Waals surface area contributed by atoms with Gasteiger partial charge in [-0.05, 0) is 43.4 Å². The normalized spacial score (nSPS) is 20.8. The summed E-state index contributed by atoms with van der Waals surface area (Å²) in [5.74, 6) is 1.21. The number of hydrogen-bond donors (Lipinski definition) is 1. The van der Waals surface area contributed by atoms with Gasteiger partial charge in [0.2, 0.25) is 0 Å². The van der Waals surface area contributed by atoms with E-state index in [0.29, 0.717) is 18.1 Å². The zero-order valence-electron chi connectivity index (χ0n) is 17.6. The molecule has 0 saturated carbocycles. The van der Waals surface area contributed by atoms with Crippen LogP contribution in [0.3, 0.4) is 0 Å². The first-order chi connectivity index (χ1) is 12.6. The third-order valence-electron chi connectivity index (χ3n) is 5.20. The Morgan fingerprint density at radius 3 is 2.67 bits per heavy atom. The van der Waals surface area contributed by atoms with Gasteiger partial charge in [0, 0.05) is 39.8 Å². The molecule has 0 bridgehead atoms. The first-order valence-electron chi connectivity index (χ1n) is 9.75. The Labute approximate surface area is 163 Å². The number of carbonyl (C=O) groups is 1. The molecule has 0 radical (unpaired) electrons. The number of benzene rings is 1. The zero-order valence-corrected chi connectivity index (χ0v) is 17.6. The van der Waals surface area contributed by atoms with E-state index < -0.39 is 6.10 Å². The molecule has 1 aliphatic rings. The maximum absolute atomic E-state index is 12.1. The Morgan fingerprint density at radius 2 is 2.07 bits per heavy atom. The number of nitrogens with zero attached hydrogens (tertiary/aromatic N) is 2. The van der Waals surface area contributed by atoms with E-state index >= 15 is 0 Å². The van der Waals surface area contributed by atoms with Crippen LogP contribution >= 0.6 is 0 Å². The lowest BCUT2D eigenvalue weighted by Crippen LogP contribution is -2.52. The van der Waals surface area contributed by atoms with Gasteiger partial charge in [-0.3, -0.25) is 9.69 Å². The molecule has 1 aromatic rings. The summed E-state index contributed by atoms with van der Waals surface area (Å²) < 4.78 is 11.6. The molecule has 0 spiro atoms. The van der Waals surface area contributed by atoms with Crippen molar-refractivity contribution in [3.05, 3.63) is 23.8 Å². The van der Waals surface area contributed by atoms with Crippen LogP contribution in [-0.2, 0) is 11.3 Å². The predicted octanol–water partition coefficient (Wildman–Crippen LogP) is 2.50. The molecular formula is C21H35N3O3. The fourth-order valence-electron chi connectivity index (χ4n) is 3.50. The van der Waals surface area contributed by atoms with Crippen LogP contribution in [0, 0.1) is 5.41 Å². The maximum atomic E-state index is 12.1. The Balaban J connectivity index is 2.11. The molecule has 2 atom stereocenters. The number of ether oxygens (including phenoxy) is 2. The van der Waals surface area contributed by atoms with Crippen LogP contribution in [0.15, 0.2) is 18.2 Å². The van der Waals surface area contributed by atoms with Gasteiger partial charge in [0.1, 0.15) is 0 Å². The van der Waals surface area contributed by atoms with Crippen molar-refractivity contribution in [3.8, 4) is 11.5 Å². The Morgan fingerprint density at radius 1 is 1.37 bits per heavy atom. The number of nitrogens with two attached hydrogens (primary N) is 1. The van der Waals surface area contributed by atoms with E-state index in [9.17, 15) is 4.79 Å². The standard InChI is InChI=1S/C21H35N3O3/c1-7-26-18-12-16(13-24-11-10-19(22)21(3,4)14-24)8-9-17(18)27-15(2)20(25)23(5)6/h8-9,12,15,19H,7,10-11,13-14,22H2,1-6H3. The summed E-state index contributed by atoms with van der Waals surface area (Å²) in [5.41, 5.74) is 7.54. The quantitative estimate of drug-likeness (QED) is 0.791. The minimum atomic E-state index is -0.561. The van der Waals surface area contributed by atoms with Gasteiger partial charge in [-0.25, -0.2) is 0 Å². The molecule has 6 nitrogen and oxygen atoms in total. The van der Waals surface area contributed by atoms with Gasteiger partial charge in [-0.2, -0.15) is 0 Å². The highest BCUT2D eigenvalue weighted by atomic mass is 16.5. The Bertz CT molecular complexity index is 646. The molecule has 2 N–H and O–H groups in total. The second kappa shape index (κ2) is 8.93. The molecule has 152 valence electrons. The summed E-state index contributed by atoms with van der Waals surface area (Å²) in [7, 11) is 3.45. The van der Waals surface area contributed by atoms with Gasteiger partial charge < -0.3 is 20.1 Å². The van der Waals surface area contributed by atoms with Crippen molar-refractivity contribution in [2.45, 2.75) is 52.8 Å². The molecule has 6 heteroatoms. The van der Waals surface area contributed by atoms with Gasteiger partial charge in [0.15, 0.2) is 17.6 Å². The van der Waals surface area contributed by atoms with Crippen LogP contribution in [0.4, 0.5) is 0 Å². The number of carbonyl (C=O) groups excluding carboxylic acids is 1. The SMILES string of the molecule is CCOc1cc(CN2CCC(N)C(C)(C)C2)ccc1OC(C)C(=O)N(C)C. The highest BCUT2D eigenvalue weighted by Crippen LogP contribution is 2.32. The summed E-state index contributed by atoms with van der Waals surface area (Å²) in [6.45, 7) is 11.5. The number of likely N-dealkylation sites (tertiary alicyclic amines) is 1. The van der Waals surface area contributed by atoms with E-state index in [1.807, 2.05) is 25.1 Å². The highest BCUT2D eigenvalue weighted by molar-refractivity contribution is 5.80. The summed E-state index contributed by atoms with van der Waals surface area (Å²) in [6, 6.07) is 6.22. The fraction of sp³-hybridized carbons (Fsp3) is 0.667. The van der Waals surface area contributed by atoms with Gasteiger partial charge in [-0.15, -0.1) is 0 Å².